The zero-order valence-electron chi connectivity index (χ0n) is 11.2. The first-order valence-electron chi connectivity index (χ1n) is 6.45. The molecule has 20 heavy (non-hydrogen) atoms. The molecule has 0 saturated carbocycles. The number of aromatic nitrogens is 1. The van der Waals surface area contributed by atoms with Crippen LogP contribution < -0.4 is 11.1 Å². The van der Waals surface area contributed by atoms with Crippen molar-refractivity contribution in [1.82, 2.24) is 15.2 Å². The van der Waals surface area contributed by atoms with E-state index in [9.17, 15) is 9.59 Å². The summed E-state index contributed by atoms with van der Waals surface area (Å²) in [5.41, 5.74) is 5.61. The average Bonchev–Trinajstić information content (AvgIpc) is 3.07. The van der Waals surface area contributed by atoms with Crippen LogP contribution in [0.4, 0.5) is 4.79 Å². The molecule has 0 bridgehead atoms. The number of urea groups is 1. The third-order valence-corrected chi connectivity index (χ3v) is 4.39. The van der Waals surface area contributed by atoms with Gasteiger partial charge in [-0.3, -0.25) is 0 Å². The van der Waals surface area contributed by atoms with Gasteiger partial charge in [-0.15, -0.1) is 11.3 Å². The fourth-order valence-electron chi connectivity index (χ4n) is 2.13. The summed E-state index contributed by atoms with van der Waals surface area (Å²) in [5, 5.41) is 13.7. The Balaban J connectivity index is 1.92. The van der Waals surface area contributed by atoms with Crippen molar-refractivity contribution in [3.05, 3.63) is 16.1 Å². The van der Waals surface area contributed by atoms with Crippen molar-refractivity contribution < 1.29 is 14.7 Å². The van der Waals surface area contributed by atoms with Crippen LogP contribution in [0, 0.1) is 5.92 Å². The second-order valence-corrected chi connectivity index (χ2v) is 5.77. The summed E-state index contributed by atoms with van der Waals surface area (Å²) in [5.74, 6) is -0.689. The Morgan fingerprint density at radius 2 is 2.45 bits per heavy atom. The highest BCUT2D eigenvalue weighted by molar-refractivity contribution is 7.09. The molecule has 4 N–H and O–H groups in total. The van der Waals surface area contributed by atoms with Crippen LogP contribution in [-0.2, 0) is 0 Å². The maximum Gasteiger partial charge on any atom is 0.355 e. The zero-order valence-corrected chi connectivity index (χ0v) is 12.0. The Kier molecular flexibility index (Phi) is 4.56. The van der Waals surface area contributed by atoms with Gasteiger partial charge in [0.05, 0.1) is 6.04 Å². The SMILES string of the molecule is CC(NC(=O)N1CCC(CN)C1)c1nc(C(=O)O)cs1. The number of carboxylic acid groups (broad SMARTS) is 1. The summed E-state index contributed by atoms with van der Waals surface area (Å²) < 4.78 is 0. The van der Waals surface area contributed by atoms with Crippen molar-refractivity contribution in [2.24, 2.45) is 11.7 Å². The van der Waals surface area contributed by atoms with Crippen molar-refractivity contribution in [2.75, 3.05) is 19.6 Å². The summed E-state index contributed by atoms with van der Waals surface area (Å²) in [6, 6.07) is -0.460. The first-order valence-corrected chi connectivity index (χ1v) is 7.33. The highest BCUT2D eigenvalue weighted by Crippen LogP contribution is 2.20. The van der Waals surface area contributed by atoms with Crippen LogP contribution in [0.3, 0.4) is 0 Å². The van der Waals surface area contributed by atoms with Crippen LogP contribution in [0.1, 0.15) is 34.9 Å². The number of amides is 2. The molecule has 2 atom stereocenters. The number of nitrogens with zero attached hydrogens (tertiary/aromatic N) is 2. The monoisotopic (exact) mass is 298 g/mol. The lowest BCUT2D eigenvalue weighted by Gasteiger charge is -2.19. The van der Waals surface area contributed by atoms with E-state index in [1.165, 1.54) is 16.7 Å². The molecule has 0 aromatic carbocycles. The standard InChI is InChI=1S/C12H18N4O3S/c1-7(10-15-9(6-20-10)11(17)18)14-12(19)16-3-2-8(4-13)5-16/h6-8H,2-5,13H2,1H3,(H,14,19)(H,17,18). The second kappa shape index (κ2) is 6.19. The van der Waals surface area contributed by atoms with E-state index in [4.69, 9.17) is 10.8 Å². The molecule has 0 spiro atoms. The van der Waals surface area contributed by atoms with E-state index in [0.29, 0.717) is 30.6 Å². The quantitative estimate of drug-likeness (QED) is 0.765. The lowest BCUT2D eigenvalue weighted by molar-refractivity contribution is 0.0691. The number of thiazole rings is 1. The van der Waals surface area contributed by atoms with Crippen molar-refractivity contribution in [1.29, 1.82) is 0 Å². The number of carbonyl (C=O) groups excluding carboxylic acids is 1. The molecule has 2 heterocycles. The van der Waals surface area contributed by atoms with E-state index >= 15 is 0 Å². The van der Waals surface area contributed by atoms with E-state index in [1.807, 2.05) is 0 Å². The van der Waals surface area contributed by atoms with Crippen LogP contribution in [-0.4, -0.2) is 46.6 Å². The number of rotatable bonds is 4. The minimum atomic E-state index is -1.06. The number of hydrogen-bond donors (Lipinski definition) is 3. The van der Waals surface area contributed by atoms with Gasteiger partial charge in [-0.2, -0.15) is 0 Å². The number of nitrogens with one attached hydrogen (secondary N) is 1. The minimum Gasteiger partial charge on any atom is -0.476 e. The topological polar surface area (TPSA) is 109 Å². The van der Waals surface area contributed by atoms with Gasteiger partial charge >= 0.3 is 12.0 Å². The van der Waals surface area contributed by atoms with Crippen LogP contribution in [0.2, 0.25) is 0 Å². The lowest BCUT2D eigenvalue weighted by atomic mass is 10.1. The summed E-state index contributed by atoms with van der Waals surface area (Å²) >= 11 is 1.23. The normalized spacial score (nSPS) is 19.9. The van der Waals surface area contributed by atoms with Crippen LogP contribution in [0.15, 0.2) is 5.38 Å². The van der Waals surface area contributed by atoms with Crippen LogP contribution in [0.5, 0.6) is 0 Å². The summed E-state index contributed by atoms with van der Waals surface area (Å²) in [7, 11) is 0. The molecular formula is C12H18N4O3S. The van der Waals surface area contributed by atoms with Gasteiger partial charge in [-0.1, -0.05) is 0 Å². The van der Waals surface area contributed by atoms with E-state index in [-0.39, 0.29) is 17.8 Å². The Labute approximate surface area is 120 Å². The predicted molar refractivity (Wildman–Crippen MR) is 74.8 cm³/mol. The molecule has 1 fully saturated rings. The molecule has 0 radical (unpaired) electrons. The van der Waals surface area contributed by atoms with Gasteiger partial charge in [-0.05, 0) is 25.8 Å². The number of nitrogens with two attached hydrogens (primary N) is 1. The number of carboxylic acids is 1. The Morgan fingerprint density at radius 1 is 1.70 bits per heavy atom. The molecule has 1 aliphatic rings. The van der Waals surface area contributed by atoms with Gasteiger partial charge < -0.3 is 21.1 Å². The third kappa shape index (κ3) is 3.26. The first-order chi connectivity index (χ1) is 9.51. The van der Waals surface area contributed by atoms with Crippen LogP contribution in [0.25, 0.3) is 0 Å². The van der Waals surface area contributed by atoms with E-state index in [2.05, 4.69) is 10.3 Å². The highest BCUT2D eigenvalue weighted by atomic mass is 32.1. The van der Waals surface area contributed by atoms with Gasteiger partial charge in [0, 0.05) is 18.5 Å². The Morgan fingerprint density at radius 3 is 3.00 bits per heavy atom. The zero-order chi connectivity index (χ0) is 14.7. The largest absolute Gasteiger partial charge is 0.476 e. The summed E-state index contributed by atoms with van der Waals surface area (Å²) in [4.78, 5) is 28.6. The maximum absolute atomic E-state index is 12.1. The molecule has 110 valence electrons. The fraction of sp³-hybridized carbons (Fsp3) is 0.583. The van der Waals surface area contributed by atoms with E-state index in [1.54, 1.807) is 11.8 Å². The molecule has 0 aliphatic carbocycles. The highest BCUT2D eigenvalue weighted by Gasteiger charge is 2.26. The average molecular weight is 298 g/mol. The van der Waals surface area contributed by atoms with Crippen molar-refractivity contribution in [2.45, 2.75) is 19.4 Å². The van der Waals surface area contributed by atoms with Gasteiger partial charge in [-0.25, -0.2) is 14.6 Å². The number of aromatic carboxylic acids is 1. The number of carbonyl (C=O) groups is 2. The molecule has 7 nitrogen and oxygen atoms in total. The minimum absolute atomic E-state index is 0.00969. The molecular weight excluding hydrogens is 280 g/mol. The molecule has 1 aromatic rings. The number of likely N-dealkylation sites (tertiary alicyclic amines) is 1. The maximum atomic E-state index is 12.1. The van der Waals surface area contributed by atoms with E-state index in [0.717, 1.165) is 6.42 Å². The molecule has 2 amide bonds. The number of hydrogen-bond acceptors (Lipinski definition) is 5. The Bertz CT molecular complexity index is 505. The Hall–Kier alpha value is -1.67. The summed E-state index contributed by atoms with van der Waals surface area (Å²) in [6.45, 7) is 3.76. The predicted octanol–water partition coefficient (Wildman–Crippen LogP) is 0.893. The van der Waals surface area contributed by atoms with Crippen molar-refractivity contribution in [3.8, 4) is 0 Å². The smallest absolute Gasteiger partial charge is 0.355 e. The van der Waals surface area contributed by atoms with Gasteiger partial charge in [0.15, 0.2) is 5.69 Å². The molecule has 2 unspecified atom stereocenters. The molecule has 1 saturated heterocycles. The van der Waals surface area contributed by atoms with Gasteiger partial charge in [0.1, 0.15) is 5.01 Å². The third-order valence-electron chi connectivity index (χ3n) is 3.36. The molecule has 1 aliphatic heterocycles. The van der Waals surface area contributed by atoms with Crippen molar-refractivity contribution in [3.63, 3.8) is 0 Å². The second-order valence-electron chi connectivity index (χ2n) is 4.88. The first kappa shape index (κ1) is 14.7. The molecule has 2 rings (SSSR count). The fourth-order valence-corrected chi connectivity index (χ4v) is 2.93. The van der Waals surface area contributed by atoms with Gasteiger partial charge in [0.25, 0.3) is 0 Å². The van der Waals surface area contributed by atoms with E-state index < -0.39 is 5.97 Å². The summed E-state index contributed by atoms with van der Waals surface area (Å²) in [6.07, 6.45) is 0.929. The van der Waals surface area contributed by atoms with Crippen LogP contribution >= 0.6 is 11.3 Å². The lowest BCUT2D eigenvalue weighted by Crippen LogP contribution is -2.40. The molecule has 1 aromatic heterocycles. The van der Waals surface area contributed by atoms with Crippen molar-refractivity contribution >= 4 is 23.3 Å². The van der Waals surface area contributed by atoms with Gasteiger partial charge in [0.2, 0.25) is 0 Å². The molecule has 8 heteroatoms.